The van der Waals surface area contributed by atoms with Crippen LogP contribution in [0.4, 0.5) is 0 Å². The number of aromatic nitrogens is 1. The summed E-state index contributed by atoms with van der Waals surface area (Å²) in [4.78, 5) is 100. The lowest BCUT2D eigenvalue weighted by molar-refractivity contribution is -0.134. The molecule has 1 rings (SSSR count). The zero-order chi connectivity index (χ0) is 42.5. The van der Waals surface area contributed by atoms with E-state index in [4.69, 9.17) is 17.2 Å². The summed E-state index contributed by atoms with van der Waals surface area (Å²) in [6.07, 6.45) is 4.85. The highest BCUT2D eigenvalue weighted by atomic mass is 16.2. The van der Waals surface area contributed by atoms with Crippen LogP contribution in [0.1, 0.15) is 104 Å². The maximum atomic E-state index is 13.7. The number of carbonyl (C=O) groups excluding carboxylic acids is 7. The minimum atomic E-state index is -1.16. The Morgan fingerprint density at radius 3 is 1.73 bits per heavy atom. The Bertz CT molecular complexity index is 1490. The van der Waals surface area contributed by atoms with Gasteiger partial charge in [-0.05, 0) is 61.5 Å². The van der Waals surface area contributed by atoms with E-state index in [0.29, 0.717) is 19.3 Å². The second kappa shape index (κ2) is 25.0. The van der Waals surface area contributed by atoms with Gasteiger partial charge in [-0.25, -0.2) is 0 Å². The van der Waals surface area contributed by atoms with Crippen molar-refractivity contribution in [1.29, 1.82) is 0 Å². The van der Waals surface area contributed by atoms with Crippen LogP contribution in [0.15, 0.2) is 29.5 Å². The zero-order valence-electron chi connectivity index (χ0n) is 34.1. The molecule has 314 valence electrons. The predicted molar refractivity (Wildman–Crippen MR) is 213 cm³/mol. The second-order valence-electron chi connectivity index (χ2n) is 15.0. The summed E-state index contributed by atoms with van der Waals surface area (Å²) in [6, 6.07) is -2.01. The van der Waals surface area contributed by atoms with Crippen LogP contribution in [0.2, 0.25) is 0 Å². The van der Waals surface area contributed by atoms with Crippen molar-refractivity contribution in [3.63, 3.8) is 0 Å². The molecule has 7 atom stereocenters. The Balaban J connectivity index is 3.15. The molecular formula is C38H65N11O7. The number of nitrogens with one attached hydrogen (secondary N) is 6. The Morgan fingerprint density at radius 2 is 1.23 bits per heavy atom. The van der Waals surface area contributed by atoms with E-state index in [0.717, 1.165) is 0 Å². The third kappa shape index (κ3) is 17.9. The molecule has 0 bridgehead atoms. The highest BCUT2D eigenvalue weighted by Gasteiger charge is 2.33. The Morgan fingerprint density at radius 1 is 0.696 bits per heavy atom. The number of amides is 7. The fourth-order valence-corrected chi connectivity index (χ4v) is 5.65. The summed E-state index contributed by atoms with van der Waals surface area (Å²) in [5.41, 5.74) is 16.7. The molecule has 18 nitrogen and oxygen atoms in total. The predicted octanol–water partition coefficient (Wildman–Crippen LogP) is -0.0413. The van der Waals surface area contributed by atoms with Gasteiger partial charge in [0.05, 0.1) is 12.1 Å². The number of guanidine groups is 1. The van der Waals surface area contributed by atoms with E-state index < -0.39 is 78.1 Å². The van der Waals surface area contributed by atoms with Crippen molar-refractivity contribution in [2.24, 2.45) is 45.9 Å². The smallest absolute Gasteiger partial charge is 0.253 e. The van der Waals surface area contributed by atoms with Gasteiger partial charge in [0.2, 0.25) is 35.4 Å². The molecule has 0 aliphatic rings. The molecule has 0 radical (unpaired) electrons. The maximum absolute atomic E-state index is 13.7. The Labute approximate surface area is 330 Å². The molecule has 1 aromatic heterocycles. The number of hydrogen-bond donors (Lipinski definition) is 9. The Hall–Kier alpha value is -5.29. The average molecular weight is 788 g/mol. The number of primary amides is 1. The molecule has 0 aliphatic heterocycles. The number of rotatable bonds is 25. The Kier molecular flexibility index (Phi) is 21.7. The van der Waals surface area contributed by atoms with Gasteiger partial charge >= 0.3 is 0 Å². The first-order chi connectivity index (χ1) is 26.3. The summed E-state index contributed by atoms with van der Waals surface area (Å²) in [5, 5.41) is 16.0. The van der Waals surface area contributed by atoms with Crippen molar-refractivity contribution in [3.05, 3.63) is 30.1 Å². The second-order valence-corrected chi connectivity index (χ2v) is 15.0. The van der Waals surface area contributed by atoms with Gasteiger partial charge in [0.1, 0.15) is 30.2 Å². The molecule has 56 heavy (non-hydrogen) atoms. The third-order valence-corrected chi connectivity index (χ3v) is 9.22. The lowest BCUT2D eigenvalue weighted by atomic mass is 9.96. The van der Waals surface area contributed by atoms with Gasteiger partial charge < -0.3 is 49.1 Å². The van der Waals surface area contributed by atoms with E-state index >= 15 is 0 Å². The standard InChI is InChI=1S/C38H65N11O7/c1-9-23(7)30(32(39)51)48-35(54)28(18-22(5)6)47-34(53)26(14-12-16-43-38(40)41)45-29(50)20-44-37(56)31(24(8)10-2)49-36(55)27(17-21(3)4)46-33(52)25-13-11-15-42-19-25/h11,13,15,19,21-24,26-28,30-31H,9-10,12,14,16-18,20H2,1-8H3,(H2,39,51)(H,44,56)(H,45,50)(H,46,52)(H,47,53)(H,48,54)(H,49,55)(H4,40,41,43)/t23-,24-,26-,27-,28-,30-,31-/m0/s1. The molecule has 18 heteroatoms. The lowest BCUT2D eigenvalue weighted by Gasteiger charge is -2.28. The van der Waals surface area contributed by atoms with Crippen LogP contribution < -0.4 is 49.1 Å². The van der Waals surface area contributed by atoms with Gasteiger partial charge in [0.25, 0.3) is 5.91 Å². The number of nitrogens with zero attached hydrogens (tertiary/aromatic N) is 2. The molecule has 0 saturated heterocycles. The monoisotopic (exact) mass is 788 g/mol. The van der Waals surface area contributed by atoms with Crippen LogP contribution in [-0.4, -0.2) is 95.6 Å². The number of carbonyl (C=O) groups is 7. The first-order valence-electron chi connectivity index (χ1n) is 19.3. The van der Waals surface area contributed by atoms with E-state index in [1.165, 1.54) is 12.4 Å². The molecular weight excluding hydrogens is 722 g/mol. The SMILES string of the molecule is CC[C@H](C)[C@H](NC(=O)[C@H](CC(C)C)NC(=O)[C@H](CCCN=C(N)N)NC(=O)CNC(=O)[C@@H](NC(=O)[C@H](CC(C)C)NC(=O)c1cccnc1)[C@@H](C)CC)C(N)=O. The van der Waals surface area contributed by atoms with Gasteiger partial charge in [-0.15, -0.1) is 0 Å². The van der Waals surface area contributed by atoms with Gasteiger partial charge in [0, 0.05) is 18.9 Å². The van der Waals surface area contributed by atoms with Crippen LogP contribution in [0, 0.1) is 23.7 Å². The van der Waals surface area contributed by atoms with Crippen LogP contribution in [0.5, 0.6) is 0 Å². The van der Waals surface area contributed by atoms with Crippen LogP contribution in [0.25, 0.3) is 0 Å². The summed E-state index contributed by atoms with van der Waals surface area (Å²) in [6.45, 7) is 14.4. The largest absolute Gasteiger partial charge is 0.370 e. The number of aliphatic imine (C=N–C) groups is 1. The normalized spacial score (nSPS) is 14.8. The van der Waals surface area contributed by atoms with Gasteiger partial charge in [-0.3, -0.25) is 43.5 Å². The van der Waals surface area contributed by atoms with Crippen molar-refractivity contribution < 1.29 is 33.6 Å². The minimum absolute atomic E-state index is 0.0241. The molecule has 7 amide bonds. The van der Waals surface area contributed by atoms with Crippen LogP contribution in [-0.2, 0) is 28.8 Å². The molecule has 0 fully saturated rings. The minimum Gasteiger partial charge on any atom is -0.370 e. The van der Waals surface area contributed by atoms with Crippen molar-refractivity contribution >= 4 is 47.3 Å². The lowest BCUT2D eigenvalue weighted by Crippen LogP contribution is -2.58. The van der Waals surface area contributed by atoms with Gasteiger partial charge in [-0.2, -0.15) is 0 Å². The van der Waals surface area contributed by atoms with Crippen molar-refractivity contribution in [1.82, 2.24) is 36.9 Å². The summed E-state index contributed by atoms with van der Waals surface area (Å²) >= 11 is 0. The molecule has 0 aromatic carbocycles. The summed E-state index contributed by atoms with van der Waals surface area (Å²) in [7, 11) is 0. The van der Waals surface area contributed by atoms with Crippen molar-refractivity contribution in [2.45, 2.75) is 124 Å². The van der Waals surface area contributed by atoms with E-state index in [1.807, 2.05) is 41.5 Å². The number of hydrogen-bond acceptors (Lipinski definition) is 9. The van der Waals surface area contributed by atoms with E-state index in [9.17, 15) is 33.6 Å². The molecule has 0 unspecified atom stereocenters. The van der Waals surface area contributed by atoms with Crippen molar-refractivity contribution in [2.75, 3.05) is 13.1 Å². The van der Waals surface area contributed by atoms with E-state index in [1.54, 1.807) is 26.0 Å². The molecule has 12 N–H and O–H groups in total. The maximum Gasteiger partial charge on any atom is 0.253 e. The van der Waals surface area contributed by atoms with E-state index in [2.05, 4.69) is 41.9 Å². The molecule has 0 spiro atoms. The van der Waals surface area contributed by atoms with Gasteiger partial charge in [0.15, 0.2) is 5.96 Å². The average Bonchev–Trinajstić information content (AvgIpc) is 3.14. The first kappa shape index (κ1) is 48.7. The highest BCUT2D eigenvalue weighted by Crippen LogP contribution is 2.13. The summed E-state index contributed by atoms with van der Waals surface area (Å²) in [5.74, 6) is -5.16. The number of nitrogens with two attached hydrogens (primary N) is 3. The fourth-order valence-electron chi connectivity index (χ4n) is 5.65. The summed E-state index contributed by atoms with van der Waals surface area (Å²) < 4.78 is 0. The number of pyridine rings is 1. The third-order valence-electron chi connectivity index (χ3n) is 9.22. The molecule has 0 aliphatic carbocycles. The quantitative estimate of drug-likeness (QED) is 0.0362. The first-order valence-corrected chi connectivity index (χ1v) is 19.3. The fraction of sp³-hybridized carbons (Fsp3) is 0.658. The van der Waals surface area contributed by atoms with Gasteiger partial charge in [-0.1, -0.05) is 68.2 Å². The molecule has 1 aromatic rings. The molecule has 1 heterocycles. The van der Waals surface area contributed by atoms with Crippen LogP contribution >= 0.6 is 0 Å². The van der Waals surface area contributed by atoms with Crippen LogP contribution in [0.3, 0.4) is 0 Å². The van der Waals surface area contributed by atoms with E-state index in [-0.39, 0.29) is 61.0 Å². The zero-order valence-corrected chi connectivity index (χ0v) is 34.1. The molecule has 0 saturated carbocycles. The highest BCUT2D eigenvalue weighted by molar-refractivity contribution is 5.99. The topological polar surface area (TPSA) is 295 Å². The van der Waals surface area contributed by atoms with Crippen molar-refractivity contribution in [3.8, 4) is 0 Å².